The van der Waals surface area contributed by atoms with Gasteiger partial charge < -0.3 is 15.1 Å². The van der Waals surface area contributed by atoms with Gasteiger partial charge in [0.05, 0.1) is 11.9 Å². The Balaban J connectivity index is 1.65. The second-order valence-corrected chi connectivity index (χ2v) is 9.80. The Morgan fingerprint density at radius 3 is 2.34 bits per heavy atom. The third kappa shape index (κ3) is 7.09. The number of aryl methyl sites for hydroxylation is 2. The number of hydrogen-bond donors (Lipinski definition) is 1. The zero-order valence-electron chi connectivity index (χ0n) is 20.3. The van der Waals surface area contributed by atoms with E-state index in [9.17, 15) is 0 Å². The lowest BCUT2D eigenvalue weighted by Crippen LogP contribution is -2.52. The number of hydrogen-bond acceptors (Lipinski definition) is 3. The molecule has 1 aliphatic heterocycles. The van der Waals surface area contributed by atoms with E-state index in [4.69, 9.17) is 0 Å². The summed E-state index contributed by atoms with van der Waals surface area (Å²) in [5, 5.41) is 3.48. The van der Waals surface area contributed by atoms with Crippen molar-refractivity contribution in [2.75, 3.05) is 20.1 Å². The van der Waals surface area contributed by atoms with Crippen LogP contribution in [0.4, 0.5) is 4.39 Å². The Morgan fingerprint density at radius 2 is 1.72 bits per heavy atom. The van der Waals surface area contributed by atoms with Gasteiger partial charge in [-0.25, -0.2) is 4.39 Å². The highest BCUT2D eigenvalue weighted by atomic mass is 19.1. The molecule has 0 spiro atoms. The summed E-state index contributed by atoms with van der Waals surface area (Å²) in [4.78, 5) is 4.21. The monoisotopic (exact) mass is 437 g/mol. The molecular formula is C28H40FN3. The zero-order valence-corrected chi connectivity index (χ0v) is 20.3. The molecule has 1 fully saturated rings. The number of alkyl halides is 1. The van der Waals surface area contributed by atoms with E-state index in [-0.39, 0.29) is 6.04 Å². The Kier molecular flexibility index (Phi) is 8.75. The normalized spacial score (nSPS) is 19.2. The first kappa shape index (κ1) is 24.3. The van der Waals surface area contributed by atoms with E-state index in [2.05, 4.69) is 91.0 Å². The molecule has 2 aromatic rings. The van der Waals surface area contributed by atoms with Crippen LogP contribution in [-0.4, -0.2) is 42.2 Å². The number of rotatable bonds is 10. The maximum Gasteiger partial charge on any atom is 0.133 e. The summed E-state index contributed by atoms with van der Waals surface area (Å²) in [6.45, 7) is 13.7. The van der Waals surface area contributed by atoms with Gasteiger partial charge in [-0.1, -0.05) is 74.5 Å². The van der Waals surface area contributed by atoms with Gasteiger partial charge in [-0.05, 0) is 55.8 Å². The molecule has 0 aliphatic carbocycles. The van der Waals surface area contributed by atoms with Gasteiger partial charge in [-0.3, -0.25) is 0 Å². The minimum absolute atomic E-state index is 0.161. The molecule has 32 heavy (non-hydrogen) atoms. The number of nitrogens with one attached hydrogen (secondary N) is 1. The summed E-state index contributed by atoms with van der Waals surface area (Å²) in [5.41, 5.74) is 5.01. The fraction of sp³-hybridized carbons (Fsp3) is 0.500. The van der Waals surface area contributed by atoms with E-state index in [1.54, 1.807) is 0 Å². The summed E-state index contributed by atoms with van der Waals surface area (Å²) in [6, 6.07) is 17.2. The zero-order chi connectivity index (χ0) is 23.1. The highest BCUT2D eigenvalue weighted by molar-refractivity contribution is 5.24. The van der Waals surface area contributed by atoms with Gasteiger partial charge in [0.25, 0.3) is 0 Å². The molecule has 3 rings (SSSR count). The molecule has 1 heterocycles. The summed E-state index contributed by atoms with van der Waals surface area (Å²) in [7, 11) is 1.99. The Labute approximate surface area is 194 Å². The van der Waals surface area contributed by atoms with Gasteiger partial charge in [0.1, 0.15) is 6.17 Å². The number of likely N-dealkylation sites (tertiary alicyclic amines) is 1. The summed E-state index contributed by atoms with van der Waals surface area (Å²) in [6.07, 6.45) is 2.24. The van der Waals surface area contributed by atoms with E-state index >= 15 is 4.39 Å². The number of piperidine rings is 1. The smallest absolute Gasteiger partial charge is 0.133 e. The minimum atomic E-state index is -0.891. The van der Waals surface area contributed by atoms with Crippen molar-refractivity contribution in [1.29, 1.82) is 0 Å². The largest absolute Gasteiger partial charge is 0.368 e. The van der Waals surface area contributed by atoms with Crippen LogP contribution in [0.25, 0.3) is 0 Å². The van der Waals surface area contributed by atoms with Crippen LogP contribution < -0.4 is 5.32 Å². The van der Waals surface area contributed by atoms with Crippen LogP contribution in [0.1, 0.15) is 48.9 Å². The molecule has 4 heteroatoms. The molecule has 2 aromatic carbocycles. The van der Waals surface area contributed by atoms with Crippen molar-refractivity contribution in [3.8, 4) is 0 Å². The average Bonchev–Trinajstić information content (AvgIpc) is 2.77. The van der Waals surface area contributed by atoms with Crippen LogP contribution in [0.15, 0.2) is 60.9 Å². The van der Waals surface area contributed by atoms with E-state index in [0.29, 0.717) is 19.6 Å². The maximum atomic E-state index is 15.1. The van der Waals surface area contributed by atoms with Crippen LogP contribution in [-0.2, 0) is 19.5 Å². The standard InChI is InChI=1S/C28H40FN3/c1-21(2)6-9-24-12-14-25(15-13-24)18-30-23(4)32(19-26-10-7-22(3)8-11-26)28-16-17-31(5)20-27(28)29/h7-8,10-15,21,27-28,30H,4,6,9,16-20H2,1-3,5H3. The van der Waals surface area contributed by atoms with Crippen molar-refractivity contribution in [2.45, 2.75) is 65.3 Å². The van der Waals surface area contributed by atoms with Crippen molar-refractivity contribution in [3.63, 3.8) is 0 Å². The molecule has 3 nitrogen and oxygen atoms in total. The second kappa shape index (κ2) is 11.5. The van der Waals surface area contributed by atoms with Crippen LogP contribution in [0.2, 0.25) is 0 Å². The van der Waals surface area contributed by atoms with Crippen LogP contribution in [0.3, 0.4) is 0 Å². The van der Waals surface area contributed by atoms with Crippen molar-refractivity contribution in [2.24, 2.45) is 5.92 Å². The summed E-state index contributed by atoms with van der Waals surface area (Å²) >= 11 is 0. The Hall–Kier alpha value is -2.33. The predicted octanol–water partition coefficient (Wildman–Crippen LogP) is 5.69. The van der Waals surface area contributed by atoms with Crippen LogP contribution in [0, 0.1) is 12.8 Å². The predicted molar refractivity (Wildman–Crippen MR) is 133 cm³/mol. The van der Waals surface area contributed by atoms with Crippen molar-refractivity contribution in [1.82, 2.24) is 15.1 Å². The van der Waals surface area contributed by atoms with Gasteiger partial charge >= 0.3 is 0 Å². The molecule has 0 aromatic heterocycles. The van der Waals surface area contributed by atoms with Gasteiger partial charge in [-0.2, -0.15) is 0 Å². The van der Waals surface area contributed by atoms with Gasteiger partial charge in [0.15, 0.2) is 0 Å². The first-order valence-corrected chi connectivity index (χ1v) is 12.0. The molecule has 174 valence electrons. The highest BCUT2D eigenvalue weighted by Crippen LogP contribution is 2.24. The molecule has 1 saturated heterocycles. The second-order valence-electron chi connectivity index (χ2n) is 9.80. The van der Waals surface area contributed by atoms with Gasteiger partial charge in [0.2, 0.25) is 0 Å². The molecule has 1 aliphatic rings. The summed E-state index contributed by atoms with van der Waals surface area (Å²) in [5.74, 6) is 1.52. The third-order valence-electron chi connectivity index (χ3n) is 6.46. The minimum Gasteiger partial charge on any atom is -0.368 e. The van der Waals surface area contributed by atoms with Crippen LogP contribution in [0.5, 0.6) is 0 Å². The molecule has 1 N–H and O–H groups in total. The molecule has 0 saturated carbocycles. The molecule has 0 bridgehead atoms. The number of nitrogens with zero attached hydrogens (tertiary/aromatic N) is 2. The van der Waals surface area contributed by atoms with Crippen LogP contribution >= 0.6 is 0 Å². The quantitative estimate of drug-likeness (QED) is 0.515. The Bertz CT molecular complexity index is 844. The lowest BCUT2D eigenvalue weighted by Gasteiger charge is -2.41. The fourth-order valence-electron chi connectivity index (χ4n) is 4.28. The van der Waals surface area contributed by atoms with Crippen molar-refractivity contribution < 1.29 is 4.39 Å². The van der Waals surface area contributed by atoms with E-state index in [1.807, 2.05) is 7.05 Å². The van der Waals surface area contributed by atoms with Crippen molar-refractivity contribution >= 4 is 0 Å². The fourth-order valence-corrected chi connectivity index (χ4v) is 4.28. The SMILES string of the molecule is C=C(NCc1ccc(CCC(C)C)cc1)N(Cc1ccc(C)cc1)C1CCN(C)CC1F. The molecule has 0 amide bonds. The van der Waals surface area contributed by atoms with E-state index < -0.39 is 6.17 Å². The maximum absolute atomic E-state index is 15.1. The van der Waals surface area contributed by atoms with Gasteiger partial charge in [-0.15, -0.1) is 0 Å². The number of halogens is 1. The van der Waals surface area contributed by atoms with E-state index in [1.165, 1.54) is 28.7 Å². The summed E-state index contributed by atoms with van der Waals surface area (Å²) < 4.78 is 15.1. The lowest BCUT2D eigenvalue weighted by atomic mass is 10.0. The highest BCUT2D eigenvalue weighted by Gasteiger charge is 2.33. The lowest BCUT2D eigenvalue weighted by molar-refractivity contribution is 0.0542. The molecular weight excluding hydrogens is 397 g/mol. The molecule has 2 unspecified atom stereocenters. The topological polar surface area (TPSA) is 18.5 Å². The van der Waals surface area contributed by atoms with E-state index in [0.717, 1.165) is 31.1 Å². The number of benzene rings is 2. The molecule has 0 radical (unpaired) electrons. The average molecular weight is 438 g/mol. The van der Waals surface area contributed by atoms with Crippen molar-refractivity contribution in [3.05, 3.63) is 83.2 Å². The Morgan fingerprint density at radius 1 is 1.09 bits per heavy atom. The first-order chi connectivity index (χ1) is 15.3. The molecule has 2 atom stereocenters. The third-order valence-corrected chi connectivity index (χ3v) is 6.46. The first-order valence-electron chi connectivity index (χ1n) is 12.0. The van der Waals surface area contributed by atoms with Gasteiger partial charge in [0, 0.05) is 26.2 Å².